The monoisotopic (exact) mass is 375 g/mol. The molecule has 1 N–H and O–H groups in total. The van der Waals surface area contributed by atoms with Crippen molar-refractivity contribution < 1.29 is 9.53 Å². The van der Waals surface area contributed by atoms with E-state index in [4.69, 9.17) is 4.74 Å². The Morgan fingerprint density at radius 2 is 1.93 bits per heavy atom. The highest BCUT2D eigenvalue weighted by Crippen LogP contribution is 2.37. The SMILES string of the molecule is COC(=O)c1cccc(Nc2ncnc3scc(-c4ccc(C)cc4)c23)c1. The van der Waals surface area contributed by atoms with E-state index in [1.807, 2.05) is 12.1 Å². The molecule has 27 heavy (non-hydrogen) atoms. The molecule has 0 spiro atoms. The number of methoxy groups -OCH3 is 1. The smallest absolute Gasteiger partial charge is 0.337 e. The molecule has 0 unspecified atom stereocenters. The summed E-state index contributed by atoms with van der Waals surface area (Å²) in [5, 5.41) is 6.39. The number of aryl methyl sites for hydroxylation is 1. The molecule has 0 aliphatic heterocycles. The third-order valence-corrected chi connectivity index (χ3v) is 5.17. The van der Waals surface area contributed by atoms with Crippen LogP contribution in [0.1, 0.15) is 15.9 Å². The summed E-state index contributed by atoms with van der Waals surface area (Å²) in [4.78, 5) is 21.5. The molecule has 0 bridgehead atoms. The van der Waals surface area contributed by atoms with Gasteiger partial charge in [0.05, 0.1) is 18.1 Å². The Labute approximate surface area is 160 Å². The number of benzene rings is 2. The van der Waals surface area contributed by atoms with E-state index < -0.39 is 0 Å². The summed E-state index contributed by atoms with van der Waals surface area (Å²) in [5.41, 5.74) is 4.67. The molecule has 134 valence electrons. The molecule has 0 atom stereocenters. The van der Waals surface area contributed by atoms with Crippen molar-refractivity contribution in [2.24, 2.45) is 0 Å². The minimum Gasteiger partial charge on any atom is -0.465 e. The first-order valence-corrected chi connectivity index (χ1v) is 9.28. The fraction of sp³-hybridized carbons (Fsp3) is 0.0952. The standard InChI is InChI=1S/C21H17N3O2S/c1-13-6-8-14(9-7-13)17-11-27-20-18(17)19(22-12-23-20)24-16-5-3-4-15(10-16)21(25)26-2/h3-12H,1-2H3,(H,22,23,24). The number of nitrogens with zero attached hydrogens (tertiary/aromatic N) is 2. The van der Waals surface area contributed by atoms with Crippen molar-refractivity contribution in [2.45, 2.75) is 6.92 Å². The lowest BCUT2D eigenvalue weighted by atomic mass is 10.0. The van der Waals surface area contributed by atoms with Gasteiger partial charge in [0.1, 0.15) is 17.0 Å². The molecule has 0 aliphatic carbocycles. The number of ether oxygens (including phenoxy) is 1. The van der Waals surface area contributed by atoms with Gasteiger partial charge in [-0.3, -0.25) is 0 Å². The van der Waals surface area contributed by atoms with Crippen LogP contribution in [0.25, 0.3) is 21.3 Å². The van der Waals surface area contributed by atoms with Crippen LogP contribution in [0.15, 0.2) is 60.2 Å². The molecule has 5 nitrogen and oxygen atoms in total. The number of rotatable bonds is 4. The Bertz CT molecular complexity index is 1120. The van der Waals surface area contributed by atoms with E-state index in [-0.39, 0.29) is 5.97 Å². The number of carbonyl (C=O) groups excluding carboxylic acids is 1. The number of esters is 1. The number of anilines is 2. The summed E-state index contributed by atoms with van der Waals surface area (Å²) in [6.45, 7) is 2.07. The van der Waals surface area contributed by atoms with E-state index >= 15 is 0 Å². The minimum absolute atomic E-state index is 0.373. The number of hydrogen-bond acceptors (Lipinski definition) is 6. The van der Waals surface area contributed by atoms with Gasteiger partial charge in [-0.25, -0.2) is 14.8 Å². The topological polar surface area (TPSA) is 64.1 Å². The fourth-order valence-corrected chi connectivity index (χ4v) is 3.81. The van der Waals surface area contributed by atoms with E-state index in [0.29, 0.717) is 11.4 Å². The first kappa shape index (κ1) is 17.2. The first-order valence-electron chi connectivity index (χ1n) is 8.40. The van der Waals surface area contributed by atoms with Crippen molar-refractivity contribution in [3.63, 3.8) is 0 Å². The summed E-state index contributed by atoms with van der Waals surface area (Å²) >= 11 is 1.58. The highest BCUT2D eigenvalue weighted by atomic mass is 32.1. The third-order valence-electron chi connectivity index (χ3n) is 4.28. The molecule has 4 rings (SSSR count). The van der Waals surface area contributed by atoms with Gasteiger partial charge in [-0.2, -0.15) is 0 Å². The number of carbonyl (C=O) groups is 1. The van der Waals surface area contributed by atoms with Crippen LogP contribution >= 0.6 is 11.3 Å². The van der Waals surface area contributed by atoms with E-state index in [1.165, 1.54) is 12.7 Å². The zero-order valence-electron chi connectivity index (χ0n) is 14.9. The quantitative estimate of drug-likeness (QED) is 0.497. The maximum Gasteiger partial charge on any atom is 0.337 e. The predicted octanol–water partition coefficient (Wildman–Crippen LogP) is 5.20. The van der Waals surface area contributed by atoms with Crippen LogP contribution in [0.4, 0.5) is 11.5 Å². The van der Waals surface area contributed by atoms with Gasteiger partial charge in [0.2, 0.25) is 0 Å². The highest BCUT2D eigenvalue weighted by Gasteiger charge is 2.14. The molecule has 6 heteroatoms. The number of aromatic nitrogens is 2. The first-order chi connectivity index (χ1) is 13.2. The van der Waals surface area contributed by atoms with Gasteiger partial charge in [0.25, 0.3) is 0 Å². The molecule has 2 aromatic heterocycles. The van der Waals surface area contributed by atoms with Crippen molar-refractivity contribution in [3.05, 3.63) is 71.4 Å². The van der Waals surface area contributed by atoms with Crippen LogP contribution in [0.2, 0.25) is 0 Å². The van der Waals surface area contributed by atoms with Gasteiger partial charge in [-0.05, 0) is 30.7 Å². The van der Waals surface area contributed by atoms with Crippen LogP contribution in [0.5, 0.6) is 0 Å². The van der Waals surface area contributed by atoms with E-state index in [9.17, 15) is 4.79 Å². The molecule has 2 aromatic carbocycles. The molecule has 0 amide bonds. The Hall–Kier alpha value is -3.25. The normalized spacial score (nSPS) is 10.7. The van der Waals surface area contributed by atoms with Gasteiger partial charge in [0.15, 0.2) is 0 Å². The molecule has 4 aromatic rings. The largest absolute Gasteiger partial charge is 0.465 e. The second kappa shape index (κ2) is 7.17. The Kier molecular flexibility index (Phi) is 4.56. The van der Waals surface area contributed by atoms with Gasteiger partial charge in [0, 0.05) is 16.6 Å². The number of thiophene rings is 1. The summed E-state index contributed by atoms with van der Waals surface area (Å²) in [7, 11) is 1.37. The Morgan fingerprint density at radius 1 is 1.11 bits per heavy atom. The number of fused-ring (bicyclic) bond motifs is 1. The molecule has 0 saturated heterocycles. The van der Waals surface area contributed by atoms with Crippen LogP contribution in [0.3, 0.4) is 0 Å². The lowest BCUT2D eigenvalue weighted by Gasteiger charge is -2.09. The molecular formula is C21H17N3O2S. The maximum atomic E-state index is 11.8. The van der Waals surface area contributed by atoms with Crippen molar-refractivity contribution >= 4 is 39.0 Å². The van der Waals surface area contributed by atoms with E-state index in [2.05, 4.69) is 51.9 Å². The average Bonchev–Trinajstić information content (AvgIpc) is 3.13. The van der Waals surface area contributed by atoms with Gasteiger partial charge in [-0.15, -0.1) is 11.3 Å². The molecule has 0 fully saturated rings. The summed E-state index contributed by atoms with van der Waals surface area (Å²) in [6.07, 6.45) is 1.55. The highest BCUT2D eigenvalue weighted by molar-refractivity contribution is 7.17. The lowest BCUT2D eigenvalue weighted by molar-refractivity contribution is 0.0601. The Morgan fingerprint density at radius 3 is 2.70 bits per heavy atom. The van der Waals surface area contributed by atoms with Gasteiger partial charge >= 0.3 is 5.97 Å². The minimum atomic E-state index is -0.373. The second-order valence-electron chi connectivity index (χ2n) is 6.12. The van der Waals surface area contributed by atoms with Crippen LogP contribution in [-0.2, 0) is 4.74 Å². The third kappa shape index (κ3) is 3.39. The summed E-state index contributed by atoms with van der Waals surface area (Å²) in [5.74, 6) is 0.334. The molecular weight excluding hydrogens is 358 g/mol. The van der Waals surface area contributed by atoms with E-state index in [0.717, 1.165) is 27.0 Å². The van der Waals surface area contributed by atoms with Gasteiger partial charge in [-0.1, -0.05) is 35.9 Å². The van der Waals surface area contributed by atoms with Crippen molar-refractivity contribution in [1.29, 1.82) is 0 Å². The molecule has 0 radical (unpaired) electrons. The van der Waals surface area contributed by atoms with Crippen molar-refractivity contribution in [1.82, 2.24) is 9.97 Å². The molecule has 0 saturated carbocycles. The van der Waals surface area contributed by atoms with Crippen LogP contribution in [-0.4, -0.2) is 23.0 Å². The Balaban J connectivity index is 1.77. The number of nitrogens with one attached hydrogen (secondary N) is 1. The summed E-state index contributed by atoms with van der Waals surface area (Å²) in [6, 6.07) is 15.6. The van der Waals surface area contributed by atoms with Crippen molar-refractivity contribution in [2.75, 3.05) is 12.4 Å². The van der Waals surface area contributed by atoms with Crippen LogP contribution < -0.4 is 5.32 Å². The predicted molar refractivity (Wildman–Crippen MR) is 109 cm³/mol. The van der Waals surface area contributed by atoms with Crippen molar-refractivity contribution in [3.8, 4) is 11.1 Å². The van der Waals surface area contributed by atoms with Gasteiger partial charge < -0.3 is 10.1 Å². The van der Waals surface area contributed by atoms with Crippen LogP contribution in [0, 0.1) is 6.92 Å². The fourth-order valence-electron chi connectivity index (χ4n) is 2.89. The lowest BCUT2D eigenvalue weighted by Crippen LogP contribution is -2.02. The zero-order valence-corrected chi connectivity index (χ0v) is 15.7. The molecule has 2 heterocycles. The molecule has 0 aliphatic rings. The number of hydrogen-bond donors (Lipinski definition) is 1. The maximum absolute atomic E-state index is 11.8. The average molecular weight is 375 g/mol. The van der Waals surface area contributed by atoms with E-state index in [1.54, 1.807) is 29.8 Å². The second-order valence-corrected chi connectivity index (χ2v) is 6.97. The zero-order chi connectivity index (χ0) is 18.8. The summed E-state index contributed by atoms with van der Waals surface area (Å²) < 4.78 is 4.80.